The average molecular weight is 249 g/mol. The molecule has 1 aromatic carbocycles. The molecule has 1 aliphatic heterocycles. The second kappa shape index (κ2) is 4.22. The summed E-state index contributed by atoms with van der Waals surface area (Å²) >= 11 is 5.83. The molecule has 1 aliphatic rings. The summed E-state index contributed by atoms with van der Waals surface area (Å²) in [5.41, 5.74) is 0.858. The van der Waals surface area contributed by atoms with Gasteiger partial charge in [0.05, 0.1) is 0 Å². The number of ether oxygens (including phenoxy) is 2. The van der Waals surface area contributed by atoms with Crippen molar-refractivity contribution in [1.29, 1.82) is 0 Å². The van der Waals surface area contributed by atoms with Gasteiger partial charge in [-0.1, -0.05) is 11.6 Å². The first kappa shape index (κ1) is 10.4. The van der Waals surface area contributed by atoms with E-state index < -0.39 is 0 Å². The number of nitrogens with zero attached hydrogens (tertiary/aromatic N) is 2. The molecule has 4 nitrogen and oxygen atoms in total. The lowest BCUT2D eigenvalue weighted by molar-refractivity contribution is 0.171. The van der Waals surface area contributed by atoms with E-state index in [1.165, 1.54) is 0 Å². The quantitative estimate of drug-likeness (QED) is 0.728. The molecule has 0 fully saturated rings. The van der Waals surface area contributed by atoms with Crippen LogP contribution >= 0.6 is 11.6 Å². The Bertz CT molecular complexity index is 560. The van der Waals surface area contributed by atoms with Crippen LogP contribution in [0.25, 0.3) is 11.4 Å². The lowest BCUT2D eigenvalue weighted by Crippen LogP contribution is -2.15. The van der Waals surface area contributed by atoms with Crippen LogP contribution in [0, 0.1) is 0 Å². The van der Waals surface area contributed by atoms with Crippen molar-refractivity contribution in [2.75, 3.05) is 13.2 Å². The summed E-state index contributed by atoms with van der Waals surface area (Å²) in [7, 11) is 0. The van der Waals surface area contributed by atoms with Crippen LogP contribution < -0.4 is 9.47 Å². The van der Waals surface area contributed by atoms with Crippen molar-refractivity contribution in [1.82, 2.24) is 9.97 Å². The molecule has 0 saturated carbocycles. The molecule has 0 N–H and O–H groups in total. The molecule has 3 rings (SSSR count). The number of hydrogen-bond donors (Lipinski definition) is 0. The highest BCUT2D eigenvalue weighted by molar-refractivity contribution is 6.29. The second-order valence-electron chi connectivity index (χ2n) is 3.56. The van der Waals surface area contributed by atoms with Crippen LogP contribution in [-0.2, 0) is 0 Å². The number of hydrogen-bond acceptors (Lipinski definition) is 4. The highest BCUT2D eigenvalue weighted by atomic mass is 35.5. The van der Waals surface area contributed by atoms with Crippen molar-refractivity contribution < 1.29 is 9.47 Å². The third kappa shape index (κ3) is 2.03. The van der Waals surface area contributed by atoms with Gasteiger partial charge in [-0.15, -0.1) is 0 Å². The fraction of sp³-hybridized carbons (Fsp3) is 0.167. The van der Waals surface area contributed by atoms with E-state index in [0.717, 1.165) is 17.1 Å². The van der Waals surface area contributed by atoms with Crippen LogP contribution in [0.4, 0.5) is 0 Å². The van der Waals surface area contributed by atoms with E-state index in [4.69, 9.17) is 21.1 Å². The van der Waals surface area contributed by atoms with E-state index in [9.17, 15) is 0 Å². The molecule has 0 saturated heterocycles. The summed E-state index contributed by atoms with van der Waals surface area (Å²) in [6.07, 6.45) is 1.63. The molecule has 0 aliphatic carbocycles. The first-order valence-electron chi connectivity index (χ1n) is 5.21. The zero-order valence-corrected chi connectivity index (χ0v) is 9.65. The molecule has 5 heteroatoms. The van der Waals surface area contributed by atoms with Crippen molar-refractivity contribution in [3.8, 4) is 22.9 Å². The van der Waals surface area contributed by atoms with Gasteiger partial charge < -0.3 is 9.47 Å². The van der Waals surface area contributed by atoms with Gasteiger partial charge in [-0.05, 0) is 24.3 Å². The maximum absolute atomic E-state index is 5.83. The summed E-state index contributed by atoms with van der Waals surface area (Å²) in [5.74, 6) is 2.05. The molecule has 2 aromatic rings. The smallest absolute Gasteiger partial charge is 0.162 e. The fourth-order valence-electron chi connectivity index (χ4n) is 1.66. The molecule has 0 atom stereocenters. The van der Waals surface area contributed by atoms with Gasteiger partial charge in [0, 0.05) is 11.8 Å². The zero-order valence-electron chi connectivity index (χ0n) is 8.89. The third-order valence-corrected chi connectivity index (χ3v) is 2.63. The Kier molecular flexibility index (Phi) is 2.57. The minimum Gasteiger partial charge on any atom is -0.486 e. The minimum absolute atomic E-state index is 0.421. The zero-order chi connectivity index (χ0) is 11.7. The van der Waals surface area contributed by atoms with E-state index in [1.54, 1.807) is 12.3 Å². The molecule has 0 radical (unpaired) electrons. The molecule has 0 bridgehead atoms. The topological polar surface area (TPSA) is 44.2 Å². The monoisotopic (exact) mass is 248 g/mol. The standard InChI is InChI=1S/C12H9ClN2O2/c13-11-3-4-14-12(15-11)8-1-2-9-10(7-8)17-6-5-16-9/h1-4,7H,5-6H2. The second-order valence-corrected chi connectivity index (χ2v) is 3.95. The van der Waals surface area contributed by atoms with Crippen molar-refractivity contribution in [3.05, 3.63) is 35.6 Å². The number of benzene rings is 1. The highest BCUT2D eigenvalue weighted by Gasteiger charge is 2.13. The molecular weight excluding hydrogens is 240 g/mol. The predicted molar refractivity (Wildman–Crippen MR) is 63.5 cm³/mol. The number of rotatable bonds is 1. The van der Waals surface area contributed by atoms with E-state index in [0.29, 0.717) is 24.2 Å². The van der Waals surface area contributed by atoms with Crippen molar-refractivity contribution in [3.63, 3.8) is 0 Å². The summed E-state index contributed by atoms with van der Waals surface area (Å²) in [6, 6.07) is 7.25. The summed E-state index contributed by atoms with van der Waals surface area (Å²) in [6.45, 7) is 1.15. The molecule has 0 spiro atoms. The lowest BCUT2D eigenvalue weighted by Gasteiger charge is -2.18. The third-order valence-electron chi connectivity index (χ3n) is 2.42. The van der Waals surface area contributed by atoms with Gasteiger partial charge in [0.15, 0.2) is 17.3 Å². The van der Waals surface area contributed by atoms with E-state index in [1.807, 2.05) is 18.2 Å². The van der Waals surface area contributed by atoms with Crippen LogP contribution in [0.5, 0.6) is 11.5 Å². The SMILES string of the molecule is Clc1ccnc(-c2ccc3c(c2)OCCO3)n1. The number of halogens is 1. The van der Waals surface area contributed by atoms with Crippen LogP contribution in [0.1, 0.15) is 0 Å². The van der Waals surface area contributed by atoms with Gasteiger partial charge in [-0.3, -0.25) is 0 Å². The maximum Gasteiger partial charge on any atom is 0.162 e. The van der Waals surface area contributed by atoms with Crippen molar-refractivity contribution in [2.24, 2.45) is 0 Å². The first-order valence-corrected chi connectivity index (χ1v) is 5.59. The molecule has 17 heavy (non-hydrogen) atoms. The van der Waals surface area contributed by atoms with Crippen LogP contribution in [0.2, 0.25) is 5.15 Å². The number of aromatic nitrogens is 2. The molecule has 1 aromatic heterocycles. The predicted octanol–water partition coefficient (Wildman–Crippen LogP) is 2.57. The highest BCUT2D eigenvalue weighted by Crippen LogP contribution is 2.33. The Hall–Kier alpha value is -1.81. The normalized spacial score (nSPS) is 13.5. The van der Waals surface area contributed by atoms with E-state index in [2.05, 4.69) is 9.97 Å². The number of fused-ring (bicyclic) bond motifs is 1. The Balaban J connectivity index is 2.04. The Labute approximate surface area is 103 Å². The van der Waals surface area contributed by atoms with Gasteiger partial charge in [-0.2, -0.15) is 0 Å². The fourth-order valence-corrected chi connectivity index (χ4v) is 1.79. The molecule has 2 heterocycles. The van der Waals surface area contributed by atoms with Gasteiger partial charge in [0.1, 0.15) is 18.4 Å². The first-order chi connectivity index (χ1) is 8.33. The van der Waals surface area contributed by atoms with Gasteiger partial charge in [-0.25, -0.2) is 9.97 Å². The van der Waals surface area contributed by atoms with Gasteiger partial charge >= 0.3 is 0 Å². The maximum atomic E-state index is 5.83. The van der Waals surface area contributed by atoms with Crippen molar-refractivity contribution >= 4 is 11.6 Å². The van der Waals surface area contributed by atoms with Crippen LogP contribution in [0.15, 0.2) is 30.5 Å². The molecular formula is C12H9ClN2O2. The van der Waals surface area contributed by atoms with Crippen LogP contribution in [0.3, 0.4) is 0 Å². The van der Waals surface area contributed by atoms with E-state index in [-0.39, 0.29) is 0 Å². The van der Waals surface area contributed by atoms with Crippen molar-refractivity contribution in [2.45, 2.75) is 0 Å². The average Bonchev–Trinajstić information content (AvgIpc) is 2.38. The molecule has 0 unspecified atom stereocenters. The van der Waals surface area contributed by atoms with E-state index >= 15 is 0 Å². The largest absolute Gasteiger partial charge is 0.486 e. The summed E-state index contributed by atoms with van der Waals surface area (Å²) in [5, 5.41) is 0.421. The molecule has 0 amide bonds. The Morgan fingerprint density at radius 1 is 1.06 bits per heavy atom. The van der Waals surface area contributed by atoms with Crippen LogP contribution in [-0.4, -0.2) is 23.2 Å². The Morgan fingerprint density at radius 2 is 1.88 bits per heavy atom. The molecule has 86 valence electrons. The summed E-state index contributed by atoms with van der Waals surface area (Å²) in [4.78, 5) is 8.32. The van der Waals surface area contributed by atoms with Gasteiger partial charge in [0.25, 0.3) is 0 Å². The summed E-state index contributed by atoms with van der Waals surface area (Å²) < 4.78 is 10.9. The Morgan fingerprint density at radius 3 is 2.71 bits per heavy atom. The van der Waals surface area contributed by atoms with Gasteiger partial charge in [0.2, 0.25) is 0 Å². The lowest BCUT2D eigenvalue weighted by atomic mass is 10.2. The minimum atomic E-state index is 0.421.